The molecule has 0 spiro atoms. The molecule has 0 saturated heterocycles. The van der Waals surface area contributed by atoms with Crippen LogP contribution in [0.4, 0.5) is 5.13 Å². The lowest BCUT2D eigenvalue weighted by Gasteiger charge is -2.14. The molecule has 7 nitrogen and oxygen atoms in total. The van der Waals surface area contributed by atoms with E-state index in [0.29, 0.717) is 19.4 Å². The van der Waals surface area contributed by atoms with E-state index in [1.54, 1.807) is 13.3 Å². The lowest BCUT2D eigenvalue weighted by Crippen LogP contribution is -2.36. The molecule has 0 atom stereocenters. The SMILES string of the molecule is COc1cccc(Cc2nsc(N(C)CC(=O)NCCc3ccccn3)n2)c1. The first-order valence-corrected chi connectivity index (χ1v) is 9.74. The average molecular weight is 398 g/mol. The van der Waals surface area contributed by atoms with E-state index in [9.17, 15) is 4.79 Å². The van der Waals surface area contributed by atoms with Crippen LogP contribution in [0.15, 0.2) is 48.7 Å². The number of aromatic nitrogens is 3. The van der Waals surface area contributed by atoms with E-state index in [1.165, 1.54) is 11.5 Å². The summed E-state index contributed by atoms with van der Waals surface area (Å²) in [5, 5.41) is 3.63. The van der Waals surface area contributed by atoms with Crippen molar-refractivity contribution in [2.24, 2.45) is 0 Å². The van der Waals surface area contributed by atoms with Crippen LogP contribution in [-0.2, 0) is 17.6 Å². The first kappa shape index (κ1) is 19.8. The fourth-order valence-electron chi connectivity index (χ4n) is 2.65. The maximum atomic E-state index is 12.2. The monoisotopic (exact) mass is 397 g/mol. The highest BCUT2D eigenvalue weighted by Gasteiger charge is 2.13. The van der Waals surface area contributed by atoms with Crippen LogP contribution in [0.3, 0.4) is 0 Å². The van der Waals surface area contributed by atoms with Crippen LogP contribution in [0.25, 0.3) is 0 Å². The molecule has 3 rings (SSSR count). The molecule has 0 aliphatic carbocycles. The van der Waals surface area contributed by atoms with Crippen molar-refractivity contribution < 1.29 is 9.53 Å². The molecule has 28 heavy (non-hydrogen) atoms. The number of carbonyl (C=O) groups excluding carboxylic acids is 1. The van der Waals surface area contributed by atoms with Crippen molar-refractivity contribution in [2.75, 3.05) is 32.1 Å². The van der Waals surface area contributed by atoms with Gasteiger partial charge < -0.3 is 15.0 Å². The summed E-state index contributed by atoms with van der Waals surface area (Å²) >= 11 is 1.29. The molecule has 0 radical (unpaired) electrons. The summed E-state index contributed by atoms with van der Waals surface area (Å²) < 4.78 is 9.65. The van der Waals surface area contributed by atoms with Gasteiger partial charge in [0.25, 0.3) is 0 Å². The number of benzene rings is 1. The molecular weight excluding hydrogens is 374 g/mol. The van der Waals surface area contributed by atoms with Crippen LogP contribution in [0.5, 0.6) is 5.75 Å². The number of carbonyl (C=O) groups is 1. The number of amides is 1. The van der Waals surface area contributed by atoms with Gasteiger partial charge in [0.15, 0.2) is 0 Å². The van der Waals surface area contributed by atoms with E-state index in [0.717, 1.165) is 28.0 Å². The second kappa shape index (κ2) is 9.80. The van der Waals surface area contributed by atoms with Crippen LogP contribution in [-0.4, -0.2) is 47.5 Å². The molecule has 1 N–H and O–H groups in total. The Labute approximate surface area is 168 Å². The van der Waals surface area contributed by atoms with Gasteiger partial charge in [-0.15, -0.1) is 0 Å². The van der Waals surface area contributed by atoms with Crippen molar-refractivity contribution in [2.45, 2.75) is 12.8 Å². The summed E-state index contributed by atoms with van der Waals surface area (Å²) in [5.41, 5.74) is 2.04. The quantitative estimate of drug-likeness (QED) is 0.597. The Morgan fingerprint density at radius 3 is 2.93 bits per heavy atom. The third kappa shape index (κ3) is 5.75. The molecule has 2 heterocycles. The highest BCUT2D eigenvalue weighted by Crippen LogP contribution is 2.19. The summed E-state index contributed by atoms with van der Waals surface area (Å²) in [6.45, 7) is 0.789. The molecule has 8 heteroatoms. The van der Waals surface area contributed by atoms with Crippen LogP contribution in [0.2, 0.25) is 0 Å². The highest BCUT2D eigenvalue weighted by molar-refractivity contribution is 7.09. The summed E-state index contributed by atoms with van der Waals surface area (Å²) in [7, 11) is 3.49. The Kier molecular flexibility index (Phi) is 6.91. The minimum absolute atomic E-state index is 0.0528. The minimum atomic E-state index is -0.0528. The molecule has 0 aliphatic heterocycles. The summed E-state index contributed by atoms with van der Waals surface area (Å²) in [6, 6.07) is 13.6. The molecule has 2 aromatic heterocycles. The second-order valence-electron chi connectivity index (χ2n) is 6.30. The van der Waals surface area contributed by atoms with Gasteiger partial charge in [-0.3, -0.25) is 9.78 Å². The zero-order valence-electron chi connectivity index (χ0n) is 16.0. The summed E-state index contributed by atoms with van der Waals surface area (Å²) in [5.74, 6) is 1.49. The smallest absolute Gasteiger partial charge is 0.239 e. The largest absolute Gasteiger partial charge is 0.497 e. The lowest BCUT2D eigenvalue weighted by molar-refractivity contribution is -0.119. The Hall–Kier alpha value is -3.00. The van der Waals surface area contributed by atoms with Crippen LogP contribution >= 0.6 is 11.5 Å². The summed E-state index contributed by atoms with van der Waals surface area (Å²) in [4.78, 5) is 22.8. The van der Waals surface area contributed by atoms with Crippen LogP contribution < -0.4 is 15.0 Å². The van der Waals surface area contributed by atoms with Crippen LogP contribution in [0.1, 0.15) is 17.1 Å². The fraction of sp³-hybridized carbons (Fsp3) is 0.300. The fourth-order valence-corrected chi connectivity index (χ4v) is 3.29. The van der Waals surface area contributed by atoms with Crippen molar-refractivity contribution in [1.29, 1.82) is 0 Å². The predicted octanol–water partition coefficient (Wildman–Crippen LogP) is 2.33. The van der Waals surface area contributed by atoms with Gasteiger partial charge in [-0.25, -0.2) is 4.98 Å². The van der Waals surface area contributed by atoms with Crippen molar-refractivity contribution in [3.05, 3.63) is 65.7 Å². The Bertz CT molecular complexity index is 900. The molecular formula is C20H23N5O2S. The van der Waals surface area contributed by atoms with Gasteiger partial charge >= 0.3 is 0 Å². The Morgan fingerprint density at radius 1 is 1.25 bits per heavy atom. The number of nitrogens with one attached hydrogen (secondary N) is 1. The Morgan fingerprint density at radius 2 is 2.14 bits per heavy atom. The first-order chi connectivity index (χ1) is 13.6. The lowest BCUT2D eigenvalue weighted by atomic mass is 10.1. The van der Waals surface area contributed by atoms with E-state index in [2.05, 4.69) is 19.7 Å². The van der Waals surface area contributed by atoms with Gasteiger partial charge in [0, 0.05) is 49.9 Å². The van der Waals surface area contributed by atoms with Crippen LogP contribution in [0, 0.1) is 0 Å². The van der Waals surface area contributed by atoms with Gasteiger partial charge in [-0.1, -0.05) is 18.2 Å². The molecule has 0 unspecified atom stereocenters. The molecule has 0 bridgehead atoms. The summed E-state index contributed by atoms with van der Waals surface area (Å²) in [6.07, 6.45) is 3.08. The van der Waals surface area contributed by atoms with Gasteiger partial charge in [-0.2, -0.15) is 4.37 Å². The number of rotatable bonds is 9. The number of likely N-dealkylation sites (N-methyl/N-ethyl adjacent to an activating group) is 1. The topological polar surface area (TPSA) is 80.2 Å². The molecule has 0 saturated carbocycles. The average Bonchev–Trinajstić information content (AvgIpc) is 3.17. The van der Waals surface area contributed by atoms with E-state index in [-0.39, 0.29) is 12.5 Å². The van der Waals surface area contributed by atoms with E-state index < -0.39 is 0 Å². The zero-order valence-corrected chi connectivity index (χ0v) is 16.8. The van der Waals surface area contributed by atoms with Gasteiger partial charge in [0.2, 0.25) is 11.0 Å². The zero-order chi connectivity index (χ0) is 19.8. The number of nitrogens with zero attached hydrogens (tertiary/aromatic N) is 4. The minimum Gasteiger partial charge on any atom is -0.497 e. The van der Waals surface area contributed by atoms with Gasteiger partial charge in [-0.05, 0) is 29.8 Å². The number of methoxy groups -OCH3 is 1. The van der Waals surface area contributed by atoms with Crippen molar-refractivity contribution in [1.82, 2.24) is 19.7 Å². The van der Waals surface area contributed by atoms with E-state index in [4.69, 9.17) is 4.74 Å². The highest BCUT2D eigenvalue weighted by atomic mass is 32.1. The normalized spacial score (nSPS) is 10.5. The number of ether oxygens (including phenoxy) is 1. The number of hydrogen-bond donors (Lipinski definition) is 1. The Balaban J connectivity index is 1.47. The third-order valence-electron chi connectivity index (χ3n) is 4.09. The first-order valence-electron chi connectivity index (χ1n) is 8.97. The number of pyridine rings is 1. The number of anilines is 1. The number of hydrogen-bond acceptors (Lipinski definition) is 7. The molecule has 3 aromatic rings. The molecule has 1 amide bonds. The molecule has 1 aromatic carbocycles. The molecule has 0 aliphatic rings. The third-order valence-corrected chi connectivity index (χ3v) is 4.96. The second-order valence-corrected chi connectivity index (χ2v) is 7.03. The van der Waals surface area contributed by atoms with Gasteiger partial charge in [0.1, 0.15) is 11.6 Å². The molecule has 0 fully saturated rings. The van der Waals surface area contributed by atoms with E-state index >= 15 is 0 Å². The van der Waals surface area contributed by atoms with Crippen molar-refractivity contribution in [3.8, 4) is 5.75 Å². The maximum absolute atomic E-state index is 12.2. The van der Waals surface area contributed by atoms with E-state index in [1.807, 2.05) is 54.4 Å². The standard InChI is InChI=1S/C20H23N5O2S/c1-25(14-19(26)22-11-9-16-7-3-4-10-21-16)20-23-18(24-28-20)13-15-6-5-8-17(12-15)27-2/h3-8,10,12H,9,11,13-14H2,1-2H3,(H,22,26). The maximum Gasteiger partial charge on any atom is 0.239 e. The van der Waals surface area contributed by atoms with Crippen molar-refractivity contribution >= 4 is 22.6 Å². The predicted molar refractivity (Wildman–Crippen MR) is 110 cm³/mol. The van der Waals surface area contributed by atoms with Crippen molar-refractivity contribution in [3.63, 3.8) is 0 Å². The molecule has 146 valence electrons. The van der Waals surface area contributed by atoms with Gasteiger partial charge in [0.05, 0.1) is 13.7 Å².